The first kappa shape index (κ1) is 18.0. The quantitative estimate of drug-likeness (QED) is 0.680. The highest BCUT2D eigenvalue weighted by atomic mass is 79.9. The number of benzene rings is 1. The Kier molecular flexibility index (Phi) is 7.51. The van der Waals surface area contributed by atoms with E-state index in [9.17, 15) is 0 Å². The molecular formula is C15H23Br2NO2. The molecule has 0 unspecified atom stereocenters. The van der Waals surface area contributed by atoms with Gasteiger partial charge in [0.05, 0.1) is 15.6 Å². The van der Waals surface area contributed by atoms with Gasteiger partial charge in [0.25, 0.3) is 0 Å². The summed E-state index contributed by atoms with van der Waals surface area (Å²) in [4.78, 5) is 0. The van der Waals surface area contributed by atoms with Gasteiger partial charge in [-0.15, -0.1) is 0 Å². The standard InChI is InChI=1S/C15H23Br2NO2/c1-4-20-14-12(16)7-11(8-13(14)17)9-18-10-15(2,3)5-6-19/h7-8,18-19H,4-6,9-10H2,1-3H3. The second-order valence-corrected chi connectivity index (χ2v) is 7.27. The third-order valence-electron chi connectivity index (χ3n) is 3.07. The summed E-state index contributed by atoms with van der Waals surface area (Å²) < 4.78 is 7.49. The number of aliphatic hydroxyl groups is 1. The van der Waals surface area contributed by atoms with Gasteiger partial charge in [0.1, 0.15) is 5.75 Å². The molecule has 1 rings (SSSR count). The van der Waals surface area contributed by atoms with Crippen molar-refractivity contribution < 1.29 is 9.84 Å². The summed E-state index contributed by atoms with van der Waals surface area (Å²) in [6, 6.07) is 4.14. The molecule has 0 spiro atoms. The van der Waals surface area contributed by atoms with E-state index >= 15 is 0 Å². The topological polar surface area (TPSA) is 41.5 Å². The average molecular weight is 409 g/mol. The van der Waals surface area contributed by atoms with Crippen LogP contribution >= 0.6 is 31.9 Å². The molecule has 0 saturated heterocycles. The van der Waals surface area contributed by atoms with Crippen LogP contribution in [0.15, 0.2) is 21.1 Å². The smallest absolute Gasteiger partial charge is 0.147 e. The molecule has 0 heterocycles. The maximum Gasteiger partial charge on any atom is 0.147 e. The molecule has 0 fully saturated rings. The van der Waals surface area contributed by atoms with Crippen molar-refractivity contribution >= 4 is 31.9 Å². The molecule has 0 amide bonds. The fraction of sp³-hybridized carbons (Fsp3) is 0.600. The van der Waals surface area contributed by atoms with Crippen molar-refractivity contribution in [2.75, 3.05) is 19.8 Å². The largest absolute Gasteiger partial charge is 0.492 e. The first-order valence-electron chi connectivity index (χ1n) is 6.82. The highest BCUT2D eigenvalue weighted by Gasteiger charge is 2.16. The first-order chi connectivity index (χ1) is 9.39. The van der Waals surface area contributed by atoms with Crippen LogP contribution < -0.4 is 10.1 Å². The fourth-order valence-corrected chi connectivity index (χ4v) is 3.44. The third kappa shape index (κ3) is 5.72. The summed E-state index contributed by atoms with van der Waals surface area (Å²) in [7, 11) is 0. The lowest BCUT2D eigenvalue weighted by Crippen LogP contribution is -2.29. The van der Waals surface area contributed by atoms with Crippen LogP contribution in [-0.2, 0) is 6.54 Å². The molecule has 3 nitrogen and oxygen atoms in total. The van der Waals surface area contributed by atoms with Gasteiger partial charge >= 0.3 is 0 Å². The Morgan fingerprint density at radius 2 is 1.85 bits per heavy atom. The van der Waals surface area contributed by atoms with E-state index in [1.54, 1.807) is 0 Å². The van der Waals surface area contributed by atoms with Crippen LogP contribution in [0.3, 0.4) is 0 Å². The maximum absolute atomic E-state index is 9.02. The molecule has 114 valence electrons. The Labute approximate surface area is 138 Å². The molecule has 2 N–H and O–H groups in total. The van der Waals surface area contributed by atoms with E-state index in [1.165, 1.54) is 5.56 Å². The molecular weight excluding hydrogens is 386 g/mol. The lowest BCUT2D eigenvalue weighted by Gasteiger charge is -2.24. The highest BCUT2D eigenvalue weighted by Crippen LogP contribution is 2.34. The summed E-state index contributed by atoms with van der Waals surface area (Å²) in [5.41, 5.74) is 1.29. The molecule has 0 bridgehead atoms. The van der Waals surface area contributed by atoms with Crippen LogP contribution in [0.25, 0.3) is 0 Å². The van der Waals surface area contributed by atoms with Gasteiger partial charge in [0.15, 0.2) is 0 Å². The molecule has 0 aromatic heterocycles. The van der Waals surface area contributed by atoms with E-state index in [0.717, 1.165) is 34.2 Å². The molecule has 0 atom stereocenters. The minimum absolute atomic E-state index is 0.106. The van der Waals surface area contributed by atoms with Gasteiger partial charge in [0.2, 0.25) is 0 Å². The highest BCUT2D eigenvalue weighted by molar-refractivity contribution is 9.11. The van der Waals surface area contributed by atoms with Crippen molar-refractivity contribution in [3.8, 4) is 5.75 Å². The first-order valence-corrected chi connectivity index (χ1v) is 8.40. The zero-order chi connectivity index (χ0) is 15.2. The minimum Gasteiger partial charge on any atom is -0.492 e. The molecule has 0 aliphatic carbocycles. The monoisotopic (exact) mass is 407 g/mol. The van der Waals surface area contributed by atoms with Crippen LogP contribution in [0.4, 0.5) is 0 Å². The predicted octanol–water partition coefficient (Wildman–Crippen LogP) is 4.11. The van der Waals surface area contributed by atoms with E-state index in [-0.39, 0.29) is 12.0 Å². The number of halogens is 2. The van der Waals surface area contributed by atoms with Crippen LogP contribution in [0, 0.1) is 5.41 Å². The molecule has 1 aromatic rings. The Bertz CT molecular complexity index is 413. The van der Waals surface area contributed by atoms with Gasteiger partial charge in [-0.25, -0.2) is 0 Å². The molecule has 0 aliphatic rings. The Morgan fingerprint density at radius 3 is 2.35 bits per heavy atom. The molecule has 0 saturated carbocycles. The van der Waals surface area contributed by atoms with Gasteiger partial charge in [-0.05, 0) is 68.3 Å². The van der Waals surface area contributed by atoms with Crippen LogP contribution in [0.5, 0.6) is 5.75 Å². The maximum atomic E-state index is 9.02. The van der Waals surface area contributed by atoms with Crippen LogP contribution in [0.2, 0.25) is 0 Å². The second kappa shape index (κ2) is 8.37. The number of nitrogens with one attached hydrogen (secondary N) is 1. The zero-order valence-electron chi connectivity index (χ0n) is 12.3. The van der Waals surface area contributed by atoms with E-state index in [1.807, 2.05) is 6.92 Å². The normalized spacial score (nSPS) is 11.7. The summed E-state index contributed by atoms with van der Waals surface area (Å²) in [5.74, 6) is 0.844. The average Bonchev–Trinajstić information content (AvgIpc) is 2.33. The summed E-state index contributed by atoms with van der Waals surface area (Å²) in [6.45, 7) is 8.81. The minimum atomic E-state index is 0.106. The number of hydrogen-bond donors (Lipinski definition) is 2. The van der Waals surface area contributed by atoms with Crippen molar-refractivity contribution in [1.29, 1.82) is 0 Å². The van der Waals surface area contributed by atoms with E-state index in [0.29, 0.717) is 6.61 Å². The lowest BCUT2D eigenvalue weighted by atomic mass is 9.90. The molecule has 0 aliphatic heterocycles. The van der Waals surface area contributed by atoms with Crippen molar-refractivity contribution in [3.63, 3.8) is 0 Å². The van der Waals surface area contributed by atoms with E-state index in [2.05, 4.69) is 63.2 Å². The summed E-state index contributed by atoms with van der Waals surface area (Å²) in [6.07, 6.45) is 0.802. The summed E-state index contributed by atoms with van der Waals surface area (Å²) >= 11 is 7.08. The van der Waals surface area contributed by atoms with Gasteiger partial charge in [-0.3, -0.25) is 0 Å². The van der Waals surface area contributed by atoms with Gasteiger partial charge in [-0.2, -0.15) is 0 Å². The number of rotatable bonds is 8. The lowest BCUT2D eigenvalue weighted by molar-refractivity contribution is 0.207. The number of ether oxygens (including phenoxy) is 1. The summed E-state index contributed by atoms with van der Waals surface area (Å²) in [5, 5.41) is 12.5. The van der Waals surface area contributed by atoms with Gasteiger partial charge in [0, 0.05) is 19.7 Å². The molecule has 1 aromatic carbocycles. The fourth-order valence-electron chi connectivity index (χ4n) is 1.93. The van der Waals surface area contributed by atoms with E-state index in [4.69, 9.17) is 9.84 Å². The van der Waals surface area contributed by atoms with E-state index < -0.39 is 0 Å². The van der Waals surface area contributed by atoms with Crippen LogP contribution in [-0.4, -0.2) is 24.9 Å². The zero-order valence-corrected chi connectivity index (χ0v) is 15.5. The molecule has 0 radical (unpaired) electrons. The second-order valence-electron chi connectivity index (χ2n) is 5.56. The predicted molar refractivity (Wildman–Crippen MR) is 90.2 cm³/mol. The molecule has 20 heavy (non-hydrogen) atoms. The van der Waals surface area contributed by atoms with Crippen molar-refractivity contribution in [3.05, 3.63) is 26.6 Å². The van der Waals surface area contributed by atoms with Gasteiger partial charge < -0.3 is 15.2 Å². The number of aliphatic hydroxyl groups excluding tert-OH is 1. The Balaban J connectivity index is 2.61. The Morgan fingerprint density at radius 1 is 1.25 bits per heavy atom. The van der Waals surface area contributed by atoms with Crippen molar-refractivity contribution in [2.24, 2.45) is 5.41 Å². The van der Waals surface area contributed by atoms with Crippen molar-refractivity contribution in [2.45, 2.75) is 33.7 Å². The SMILES string of the molecule is CCOc1c(Br)cc(CNCC(C)(C)CCO)cc1Br. The molecule has 5 heteroatoms. The number of hydrogen-bond acceptors (Lipinski definition) is 3. The van der Waals surface area contributed by atoms with Gasteiger partial charge in [-0.1, -0.05) is 13.8 Å². The third-order valence-corrected chi connectivity index (χ3v) is 4.25. The Hall–Kier alpha value is -0.100. The van der Waals surface area contributed by atoms with Crippen molar-refractivity contribution in [1.82, 2.24) is 5.32 Å². The van der Waals surface area contributed by atoms with Crippen LogP contribution in [0.1, 0.15) is 32.8 Å².